The van der Waals surface area contributed by atoms with E-state index < -0.39 is 5.92 Å². The lowest BCUT2D eigenvalue weighted by molar-refractivity contribution is -0.122. The van der Waals surface area contributed by atoms with Crippen molar-refractivity contribution in [1.29, 1.82) is 0 Å². The van der Waals surface area contributed by atoms with Crippen molar-refractivity contribution < 1.29 is 14.3 Å². The first-order valence-corrected chi connectivity index (χ1v) is 6.41. The third kappa shape index (κ3) is 2.56. The Morgan fingerprint density at radius 3 is 2.83 bits per heavy atom. The van der Waals surface area contributed by atoms with Crippen LogP contribution in [0.1, 0.15) is 36.0 Å². The average molecular weight is 267 g/mol. The molecule has 1 atom stereocenters. The summed E-state index contributed by atoms with van der Waals surface area (Å²) in [6.45, 7) is 0. The fraction of sp³-hybridized carbons (Fsp3) is 0.429. The minimum absolute atomic E-state index is 0.0447. The molecule has 4 heteroatoms. The maximum Gasteiger partial charge on any atom is 0.177 e. The molecule has 1 unspecified atom stereocenters. The second-order valence-electron chi connectivity index (χ2n) is 4.47. The molecule has 0 N–H and O–H groups in total. The Bertz CT molecular complexity index is 482. The molecule has 1 saturated carbocycles. The van der Waals surface area contributed by atoms with E-state index in [-0.39, 0.29) is 11.6 Å². The van der Waals surface area contributed by atoms with Crippen LogP contribution in [0, 0.1) is 5.92 Å². The molecule has 1 aromatic rings. The fourth-order valence-electron chi connectivity index (χ4n) is 2.32. The van der Waals surface area contributed by atoms with Crippen LogP contribution in [0.4, 0.5) is 0 Å². The van der Waals surface area contributed by atoms with E-state index in [1.165, 1.54) is 7.11 Å². The quantitative estimate of drug-likeness (QED) is 0.623. The molecular formula is C14H15ClO3. The zero-order valence-electron chi connectivity index (χ0n) is 10.2. The Kier molecular flexibility index (Phi) is 4.02. The Hall–Kier alpha value is -1.35. The first kappa shape index (κ1) is 13.1. The molecule has 0 bridgehead atoms. The molecule has 0 saturated heterocycles. The minimum atomic E-state index is -0.506. The number of ketones is 2. The van der Waals surface area contributed by atoms with Crippen molar-refractivity contribution >= 4 is 23.2 Å². The molecule has 1 fully saturated rings. The van der Waals surface area contributed by atoms with Gasteiger partial charge in [0.1, 0.15) is 11.5 Å². The normalized spacial score (nSPS) is 19.7. The van der Waals surface area contributed by atoms with Crippen molar-refractivity contribution in [2.24, 2.45) is 5.92 Å². The molecule has 2 rings (SSSR count). The van der Waals surface area contributed by atoms with Crippen LogP contribution in [0.3, 0.4) is 0 Å². The molecule has 0 heterocycles. The van der Waals surface area contributed by atoms with Gasteiger partial charge >= 0.3 is 0 Å². The molecule has 0 amide bonds. The summed E-state index contributed by atoms with van der Waals surface area (Å²) in [6.07, 6.45) is 2.97. The van der Waals surface area contributed by atoms with Gasteiger partial charge in [-0.1, -0.05) is 18.0 Å². The lowest BCUT2D eigenvalue weighted by atomic mass is 9.82. The van der Waals surface area contributed by atoms with E-state index in [2.05, 4.69) is 0 Å². The van der Waals surface area contributed by atoms with Gasteiger partial charge in [0.2, 0.25) is 0 Å². The van der Waals surface area contributed by atoms with Crippen molar-refractivity contribution in [1.82, 2.24) is 0 Å². The van der Waals surface area contributed by atoms with Crippen LogP contribution in [-0.4, -0.2) is 18.7 Å². The van der Waals surface area contributed by atoms with E-state index in [0.717, 1.165) is 12.8 Å². The van der Waals surface area contributed by atoms with Gasteiger partial charge in [0.05, 0.1) is 18.6 Å². The summed E-state index contributed by atoms with van der Waals surface area (Å²) in [5.74, 6) is -0.170. The Balaban J connectivity index is 2.30. The van der Waals surface area contributed by atoms with Crippen molar-refractivity contribution in [2.75, 3.05) is 7.11 Å². The molecule has 0 aromatic heterocycles. The van der Waals surface area contributed by atoms with E-state index >= 15 is 0 Å². The molecule has 0 spiro atoms. The van der Waals surface area contributed by atoms with Crippen molar-refractivity contribution in [3.63, 3.8) is 0 Å². The van der Waals surface area contributed by atoms with Gasteiger partial charge in [-0.2, -0.15) is 0 Å². The molecule has 0 radical (unpaired) electrons. The highest BCUT2D eigenvalue weighted by molar-refractivity contribution is 6.31. The number of halogens is 1. The topological polar surface area (TPSA) is 43.4 Å². The Morgan fingerprint density at radius 2 is 2.17 bits per heavy atom. The summed E-state index contributed by atoms with van der Waals surface area (Å²) in [4.78, 5) is 24.1. The maximum atomic E-state index is 12.4. The van der Waals surface area contributed by atoms with Crippen LogP contribution in [-0.2, 0) is 4.79 Å². The van der Waals surface area contributed by atoms with Crippen LogP contribution in [0.2, 0.25) is 5.02 Å². The van der Waals surface area contributed by atoms with Gasteiger partial charge in [-0.25, -0.2) is 0 Å². The number of methoxy groups -OCH3 is 1. The van der Waals surface area contributed by atoms with Crippen molar-refractivity contribution in [3.8, 4) is 5.75 Å². The third-order valence-corrected chi connectivity index (χ3v) is 3.54. The second-order valence-corrected chi connectivity index (χ2v) is 4.91. The molecular weight excluding hydrogens is 252 g/mol. The van der Waals surface area contributed by atoms with Gasteiger partial charge in [-0.15, -0.1) is 0 Å². The Morgan fingerprint density at radius 1 is 1.39 bits per heavy atom. The largest absolute Gasteiger partial charge is 0.496 e. The van der Waals surface area contributed by atoms with Gasteiger partial charge < -0.3 is 4.74 Å². The molecule has 1 aliphatic carbocycles. The monoisotopic (exact) mass is 266 g/mol. The third-order valence-electron chi connectivity index (χ3n) is 3.30. The zero-order valence-corrected chi connectivity index (χ0v) is 11.0. The lowest BCUT2D eigenvalue weighted by Gasteiger charge is -2.20. The SMILES string of the molecule is COc1cc(Cl)ccc1C(=O)C1CCCCC1=O. The summed E-state index contributed by atoms with van der Waals surface area (Å²) < 4.78 is 5.16. The molecule has 1 aliphatic rings. The summed E-state index contributed by atoms with van der Waals surface area (Å²) in [5, 5.41) is 0.512. The minimum Gasteiger partial charge on any atom is -0.496 e. The molecule has 0 aliphatic heterocycles. The maximum absolute atomic E-state index is 12.4. The highest BCUT2D eigenvalue weighted by Crippen LogP contribution is 2.29. The number of Topliss-reactive ketones (excluding diaryl/α,β-unsaturated/α-hetero) is 2. The van der Waals surface area contributed by atoms with Crippen LogP contribution < -0.4 is 4.74 Å². The molecule has 18 heavy (non-hydrogen) atoms. The first-order valence-electron chi connectivity index (χ1n) is 6.04. The average Bonchev–Trinajstić information content (AvgIpc) is 2.38. The number of hydrogen-bond donors (Lipinski definition) is 0. The number of ether oxygens (including phenoxy) is 1. The lowest BCUT2D eigenvalue weighted by Crippen LogP contribution is -2.27. The summed E-state index contributed by atoms with van der Waals surface area (Å²) in [5.41, 5.74) is 0.446. The van der Waals surface area contributed by atoms with Gasteiger partial charge in [0, 0.05) is 11.4 Å². The highest BCUT2D eigenvalue weighted by atomic mass is 35.5. The van der Waals surface area contributed by atoms with Crippen molar-refractivity contribution in [3.05, 3.63) is 28.8 Å². The molecule has 1 aromatic carbocycles. The number of carbonyl (C=O) groups is 2. The summed E-state index contributed by atoms with van der Waals surface area (Å²) >= 11 is 5.86. The van der Waals surface area contributed by atoms with Gasteiger partial charge in [0.25, 0.3) is 0 Å². The number of carbonyl (C=O) groups excluding carboxylic acids is 2. The molecule has 3 nitrogen and oxygen atoms in total. The first-order chi connectivity index (χ1) is 8.63. The highest BCUT2D eigenvalue weighted by Gasteiger charge is 2.31. The van der Waals surface area contributed by atoms with E-state index in [1.807, 2.05) is 0 Å². The van der Waals surface area contributed by atoms with Crippen molar-refractivity contribution in [2.45, 2.75) is 25.7 Å². The van der Waals surface area contributed by atoms with Crippen LogP contribution >= 0.6 is 11.6 Å². The van der Waals surface area contributed by atoms with Crippen LogP contribution in [0.25, 0.3) is 0 Å². The fourth-order valence-corrected chi connectivity index (χ4v) is 2.48. The number of benzene rings is 1. The number of hydrogen-bond acceptors (Lipinski definition) is 3. The van der Waals surface area contributed by atoms with Crippen LogP contribution in [0.15, 0.2) is 18.2 Å². The Labute approximate surface area is 111 Å². The van der Waals surface area contributed by atoms with Gasteiger partial charge in [0.15, 0.2) is 5.78 Å². The van der Waals surface area contributed by atoms with E-state index in [0.29, 0.717) is 29.2 Å². The molecule has 96 valence electrons. The predicted octanol–water partition coefficient (Wildman–Crippen LogP) is 3.29. The standard InChI is InChI=1S/C14H15ClO3/c1-18-13-8-9(15)6-7-11(13)14(17)10-4-2-3-5-12(10)16/h6-8,10H,2-5H2,1H3. The second kappa shape index (κ2) is 5.53. The summed E-state index contributed by atoms with van der Waals surface area (Å²) in [6, 6.07) is 4.87. The predicted molar refractivity (Wildman–Crippen MR) is 69.3 cm³/mol. The van der Waals surface area contributed by atoms with Gasteiger partial charge in [-0.05, 0) is 31.0 Å². The smallest absolute Gasteiger partial charge is 0.177 e. The van der Waals surface area contributed by atoms with E-state index in [1.54, 1.807) is 18.2 Å². The number of rotatable bonds is 3. The van der Waals surface area contributed by atoms with E-state index in [9.17, 15) is 9.59 Å². The van der Waals surface area contributed by atoms with Crippen LogP contribution in [0.5, 0.6) is 5.75 Å². The zero-order chi connectivity index (χ0) is 13.1. The van der Waals surface area contributed by atoms with E-state index in [4.69, 9.17) is 16.3 Å². The van der Waals surface area contributed by atoms with Gasteiger partial charge in [-0.3, -0.25) is 9.59 Å². The summed E-state index contributed by atoms with van der Waals surface area (Å²) in [7, 11) is 1.49.